The van der Waals surface area contributed by atoms with Gasteiger partial charge >= 0.3 is 0 Å². The largest absolute Gasteiger partial charge is 0.297 e. The molecule has 0 radical (unpaired) electrons. The van der Waals surface area contributed by atoms with E-state index in [1.807, 2.05) is 13.3 Å². The average molecular weight is 167 g/mol. The van der Waals surface area contributed by atoms with E-state index in [1.54, 1.807) is 0 Å². The monoisotopic (exact) mass is 167 g/mol. The molecule has 12 heavy (non-hydrogen) atoms. The summed E-state index contributed by atoms with van der Waals surface area (Å²) in [6, 6.07) is 0. The predicted molar refractivity (Wildman–Crippen MR) is 56.8 cm³/mol. The third kappa shape index (κ3) is 5.11. The fraction of sp³-hybridized carbons (Fsp3) is 0.727. The van der Waals surface area contributed by atoms with Crippen LogP contribution in [0, 0.1) is 11.8 Å². The third-order valence-corrected chi connectivity index (χ3v) is 1.82. The van der Waals surface area contributed by atoms with Crippen LogP contribution < -0.4 is 0 Å². The molecule has 0 aromatic carbocycles. The first-order valence-corrected chi connectivity index (χ1v) is 4.69. The topological polar surface area (TPSA) is 12.4 Å². The minimum Gasteiger partial charge on any atom is -0.297 e. The van der Waals surface area contributed by atoms with Crippen molar-refractivity contribution in [2.24, 2.45) is 16.8 Å². The lowest BCUT2D eigenvalue weighted by Gasteiger charge is -2.12. The molecule has 0 aromatic rings. The lowest BCUT2D eigenvalue weighted by Crippen LogP contribution is -1.99. The summed E-state index contributed by atoms with van der Waals surface area (Å²) in [5.41, 5.74) is 1.50. The number of hydrogen-bond donors (Lipinski definition) is 0. The number of allylic oxidation sites excluding steroid dienone is 2. The van der Waals surface area contributed by atoms with E-state index < -0.39 is 0 Å². The van der Waals surface area contributed by atoms with Crippen molar-refractivity contribution in [3.05, 3.63) is 11.6 Å². The highest BCUT2D eigenvalue weighted by molar-refractivity contribution is 5.72. The van der Waals surface area contributed by atoms with E-state index in [2.05, 4.69) is 38.8 Å². The molecule has 1 heteroatoms. The van der Waals surface area contributed by atoms with Gasteiger partial charge in [-0.3, -0.25) is 4.99 Å². The van der Waals surface area contributed by atoms with Gasteiger partial charge in [-0.25, -0.2) is 0 Å². The lowest BCUT2D eigenvalue weighted by atomic mass is 9.94. The molecule has 1 nitrogen and oxygen atoms in total. The van der Waals surface area contributed by atoms with Crippen LogP contribution in [-0.4, -0.2) is 13.3 Å². The van der Waals surface area contributed by atoms with E-state index in [4.69, 9.17) is 0 Å². The Morgan fingerprint density at radius 3 is 2.17 bits per heavy atom. The molecule has 0 bridgehead atoms. The lowest BCUT2D eigenvalue weighted by molar-refractivity contribution is 0.588. The fourth-order valence-electron chi connectivity index (χ4n) is 1.14. The summed E-state index contributed by atoms with van der Waals surface area (Å²) >= 11 is 0. The van der Waals surface area contributed by atoms with Crippen LogP contribution in [0.1, 0.15) is 34.1 Å². The molecule has 0 fully saturated rings. The minimum absolute atomic E-state index is 0.644. The van der Waals surface area contributed by atoms with Crippen LogP contribution in [0.3, 0.4) is 0 Å². The van der Waals surface area contributed by atoms with E-state index >= 15 is 0 Å². The summed E-state index contributed by atoms with van der Waals surface area (Å²) in [7, 11) is 1.81. The van der Waals surface area contributed by atoms with Crippen molar-refractivity contribution in [3.8, 4) is 0 Å². The first-order valence-electron chi connectivity index (χ1n) is 4.69. The summed E-state index contributed by atoms with van der Waals surface area (Å²) in [5, 5.41) is 0. The molecule has 0 unspecified atom stereocenters. The zero-order chi connectivity index (χ0) is 9.56. The zero-order valence-electron chi connectivity index (χ0n) is 8.96. The fourth-order valence-corrected chi connectivity index (χ4v) is 1.14. The Morgan fingerprint density at radius 1 is 1.25 bits per heavy atom. The van der Waals surface area contributed by atoms with Crippen molar-refractivity contribution >= 4 is 6.21 Å². The molecule has 70 valence electrons. The first kappa shape index (κ1) is 11.4. The van der Waals surface area contributed by atoms with Gasteiger partial charge in [-0.1, -0.05) is 33.3 Å². The second-order valence-electron chi connectivity index (χ2n) is 3.90. The van der Waals surface area contributed by atoms with Crippen LogP contribution in [0.2, 0.25) is 0 Å². The number of nitrogens with zero attached hydrogens (tertiary/aromatic N) is 1. The number of aliphatic imine (C=N–C) groups is 1. The maximum Gasteiger partial charge on any atom is 0.0277 e. The van der Waals surface area contributed by atoms with Crippen molar-refractivity contribution in [1.29, 1.82) is 0 Å². The molecule has 0 aliphatic carbocycles. The Morgan fingerprint density at radius 2 is 1.83 bits per heavy atom. The van der Waals surface area contributed by atoms with Gasteiger partial charge in [0.25, 0.3) is 0 Å². The van der Waals surface area contributed by atoms with Gasteiger partial charge in [0.15, 0.2) is 0 Å². The Hall–Kier alpha value is -0.590. The second kappa shape index (κ2) is 5.99. The molecule has 0 saturated carbocycles. The van der Waals surface area contributed by atoms with Crippen molar-refractivity contribution in [2.75, 3.05) is 7.05 Å². The van der Waals surface area contributed by atoms with Crippen LogP contribution in [0.4, 0.5) is 0 Å². The van der Waals surface area contributed by atoms with Gasteiger partial charge < -0.3 is 0 Å². The van der Waals surface area contributed by atoms with Crippen molar-refractivity contribution < 1.29 is 0 Å². The van der Waals surface area contributed by atoms with Gasteiger partial charge in [0, 0.05) is 13.3 Å². The molecule has 0 aliphatic rings. The molecule has 0 spiro atoms. The summed E-state index contributed by atoms with van der Waals surface area (Å²) in [4.78, 5) is 3.96. The van der Waals surface area contributed by atoms with Crippen LogP contribution >= 0.6 is 0 Å². The van der Waals surface area contributed by atoms with Gasteiger partial charge in [-0.2, -0.15) is 0 Å². The molecule has 0 aliphatic heterocycles. The van der Waals surface area contributed by atoms with Gasteiger partial charge in [0.05, 0.1) is 0 Å². The third-order valence-electron chi connectivity index (χ3n) is 1.82. The van der Waals surface area contributed by atoms with E-state index in [0.29, 0.717) is 5.92 Å². The van der Waals surface area contributed by atoms with Crippen molar-refractivity contribution in [1.82, 2.24) is 0 Å². The molecule has 0 atom stereocenters. The number of rotatable bonds is 4. The minimum atomic E-state index is 0.644. The van der Waals surface area contributed by atoms with Crippen molar-refractivity contribution in [2.45, 2.75) is 34.1 Å². The Bertz CT molecular complexity index is 164. The molecule has 0 heterocycles. The summed E-state index contributed by atoms with van der Waals surface area (Å²) in [6.07, 6.45) is 5.21. The SMILES string of the molecule is CN=C/C=C(/CC(C)C)C(C)C. The van der Waals surface area contributed by atoms with Gasteiger partial charge in [0.1, 0.15) is 0 Å². The highest BCUT2D eigenvalue weighted by Gasteiger charge is 2.04. The normalized spacial score (nSPS) is 13.8. The maximum absolute atomic E-state index is 3.96. The van der Waals surface area contributed by atoms with Crippen LogP contribution in [0.5, 0.6) is 0 Å². The van der Waals surface area contributed by atoms with Gasteiger partial charge in [-0.15, -0.1) is 0 Å². The number of hydrogen-bond acceptors (Lipinski definition) is 1. The molecule has 0 rings (SSSR count). The van der Waals surface area contributed by atoms with E-state index in [0.717, 1.165) is 5.92 Å². The summed E-state index contributed by atoms with van der Waals surface area (Å²) < 4.78 is 0. The average Bonchev–Trinajstić information content (AvgIpc) is 1.96. The summed E-state index contributed by atoms with van der Waals surface area (Å²) in [5.74, 6) is 1.38. The van der Waals surface area contributed by atoms with E-state index in [1.165, 1.54) is 12.0 Å². The van der Waals surface area contributed by atoms with E-state index in [-0.39, 0.29) is 0 Å². The highest BCUT2D eigenvalue weighted by atomic mass is 14.6. The molecule has 0 N–H and O–H groups in total. The highest BCUT2D eigenvalue weighted by Crippen LogP contribution is 2.18. The Balaban J connectivity index is 4.22. The standard InChI is InChI=1S/C11H21N/c1-9(2)8-11(10(3)4)6-7-12-5/h6-7,9-10H,8H2,1-5H3/b11-6-,12-7?. The second-order valence-corrected chi connectivity index (χ2v) is 3.90. The zero-order valence-corrected chi connectivity index (χ0v) is 8.96. The van der Waals surface area contributed by atoms with Crippen LogP contribution in [0.25, 0.3) is 0 Å². The molecular formula is C11H21N. The maximum atomic E-state index is 3.96. The molecule has 0 amide bonds. The van der Waals surface area contributed by atoms with Crippen LogP contribution in [-0.2, 0) is 0 Å². The Labute approximate surface area is 76.6 Å². The molecule has 0 saturated heterocycles. The molecule has 0 aromatic heterocycles. The quantitative estimate of drug-likeness (QED) is 0.570. The van der Waals surface area contributed by atoms with Gasteiger partial charge in [0.2, 0.25) is 0 Å². The van der Waals surface area contributed by atoms with Crippen molar-refractivity contribution in [3.63, 3.8) is 0 Å². The predicted octanol–water partition coefficient (Wildman–Crippen LogP) is 3.32. The van der Waals surface area contributed by atoms with E-state index in [9.17, 15) is 0 Å². The summed E-state index contributed by atoms with van der Waals surface area (Å²) in [6.45, 7) is 8.97. The smallest absolute Gasteiger partial charge is 0.0277 e. The van der Waals surface area contributed by atoms with Gasteiger partial charge in [-0.05, 0) is 24.3 Å². The molecular weight excluding hydrogens is 146 g/mol. The Kier molecular flexibility index (Phi) is 5.69. The van der Waals surface area contributed by atoms with Crippen LogP contribution in [0.15, 0.2) is 16.6 Å². The first-order chi connectivity index (χ1) is 5.57.